The first-order valence-corrected chi connectivity index (χ1v) is 5.11. The van der Waals surface area contributed by atoms with Crippen LogP contribution in [0.5, 0.6) is 5.75 Å². The van der Waals surface area contributed by atoms with Crippen molar-refractivity contribution in [3.8, 4) is 5.75 Å². The number of halogens is 1. The Morgan fingerprint density at radius 1 is 1.21 bits per heavy atom. The Bertz CT molecular complexity index is 492. The zero-order chi connectivity index (χ0) is 14.3. The van der Waals surface area contributed by atoms with Gasteiger partial charge in [0.1, 0.15) is 0 Å². The van der Waals surface area contributed by atoms with Crippen molar-refractivity contribution in [2.45, 2.75) is 0 Å². The summed E-state index contributed by atoms with van der Waals surface area (Å²) in [6, 6.07) is 4.45. The van der Waals surface area contributed by atoms with E-state index in [1.165, 1.54) is 24.3 Å². The van der Waals surface area contributed by atoms with Crippen LogP contribution >= 0.6 is 0 Å². The molecule has 19 heavy (non-hydrogen) atoms. The monoisotopic (exact) mass is 270 g/mol. The number of amides is 3. The average Bonchev–Trinajstić information content (AvgIpc) is 2.34. The van der Waals surface area contributed by atoms with Gasteiger partial charge in [0.25, 0.3) is 5.91 Å². The second-order valence-corrected chi connectivity index (χ2v) is 3.29. The van der Waals surface area contributed by atoms with Gasteiger partial charge in [0.2, 0.25) is 0 Å². The molecule has 0 fully saturated rings. The molecule has 0 atom stereocenters. The third-order valence-electron chi connectivity index (χ3n) is 1.81. The quantitative estimate of drug-likeness (QED) is 0.729. The number of nitrogens with two attached hydrogens (primary N) is 1. The van der Waals surface area contributed by atoms with Gasteiger partial charge >= 0.3 is 12.0 Å². The van der Waals surface area contributed by atoms with Crippen LogP contribution in [0, 0.1) is 5.82 Å². The summed E-state index contributed by atoms with van der Waals surface area (Å²) in [6.45, 7) is -1.24. The Hall–Kier alpha value is -2.64. The molecule has 0 saturated heterocycles. The summed E-state index contributed by atoms with van der Waals surface area (Å²) in [6.07, 6.45) is 0. The summed E-state index contributed by atoms with van der Waals surface area (Å²) in [4.78, 5) is 32.3. The van der Waals surface area contributed by atoms with Crippen LogP contribution in [0.3, 0.4) is 0 Å². The number of rotatable bonds is 5. The molecule has 0 aliphatic carbocycles. The van der Waals surface area contributed by atoms with Gasteiger partial charge in [-0.1, -0.05) is 12.1 Å². The largest absolute Gasteiger partial charge is 0.479 e. The number of benzene rings is 1. The van der Waals surface area contributed by atoms with Crippen LogP contribution in [0.2, 0.25) is 0 Å². The number of urea groups is 1. The molecule has 1 aromatic carbocycles. The highest BCUT2D eigenvalue weighted by molar-refractivity contribution is 5.94. The number of ether oxygens (including phenoxy) is 2. The normalized spacial score (nSPS) is 9.53. The van der Waals surface area contributed by atoms with Crippen molar-refractivity contribution in [2.24, 2.45) is 5.73 Å². The second-order valence-electron chi connectivity index (χ2n) is 3.29. The van der Waals surface area contributed by atoms with E-state index in [0.717, 1.165) is 0 Å². The molecule has 102 valence electrons. The summed E-state index contributed by atoms with van der Waals surface area (Å²) < 4.78 is 22.4. The molecule has 8 heteroatoms. The first-order valence-electron chi connectivity index (χ1n) is 5.11. The van der Waals surface area contributed by atoms with Gasteiger partial charge < -0.3 is 15.2 Å². The fraction of sp³-hybridized carbons (Fsp3) is 0.182. The lowest BCUT2D eigenvalue weighted by atomic mass is 10.3. The average molecular weight is 270 g/mol. The minimum absolute atomic E-state index is 0.110. The minimum Gasteiger partial charge on any atom is -0.479 e. The lowest BCUT2D eigenvalue weighted by Gasteiger charge is -2.07. The number of carbonyl (C=O) groups excluding carboxylic acids is 3. The molecule has 3 N–H and O–H groups in total. The number of primary amides is 1. The topological polar surface area (TPSA) is 108 Å². The SMILES string of the molecule is NC(=O)NC(=O)COC(=O)COc1ccccc1F. The standard InChI is InChI=1S/C11H11FN2O5/c12-7-3-1-2-4-8(7)18-6-10(16)19-5-9(15)14-11(13)17/h1-4H,5-6H2,(H3,13,14,15,17). The number of hydrogen-bond donors (Lipinski definition) is 2. The molecule has 0 aliphatic rings. The molecular formula is C11H11FN2O5. The minimum atomic E-state index is -1.05. The molecule has 0 unspecified atom stereocenters. The lowest BCUT2D eigenvalue weighted by molar-refractivity contribution is -0.150. The zero-order valence-corrected chi connectivity index (χ0v) is 9.72. The molecule has 0 aliphatic heterocycles. The fourth-order valence-electron chi connectivity index (χ4n) is 1.06. The van der Waals surface area contributed by atoms with E-state index >= 15 is 0 Å². The molecule has 0 aromatic heterocycles. The zero-order valence-electron chi connectivity index (χ0n) is 9.72. The fourth-order valence-corrected chi connectivity index (χ4v) is 1.06. The van der Waals surface area contributed by atoms with Gasteiger partial charge in [-0.15, -0.1) is 0 Å². The van der Waals surface area contributed by atoms with E-state index < -0.39 is 36.9 Å². The third kappa shape index (κ3) is 5.48. The Morgan fingerprint density at radius 3 is 2.53 bits per heavy atom. The van der Waals surface area contributed by atoms with Crippen LogP contribution < -0.4 is 15.8 Å². The van der Waals surface area contributed by atoms with Crippen molar-refractivity contribution in [2.75, 3.05) is 13.2 Å². The molecule has 3 amide bonds. The highest BCUT2D eigenvalue weighted by Gasteiger charge is 2.10. The Labute approximate surface area is 107 Å². The predicted octanol–water partition coefficient (Wildman–Crippen LogP) is -0.0574. The highest BCUT2D eigenvalue weighted by atomic mass is 19.1. The first kappa shape index (κ1) is 14.4. The maximum Gasteiger partial charge on any atom is 0.344 e. The van der Waals surface area contributed by atoms with Crippen molar-refractivity contribution in [1.29, 1.82) is 0 Å². The van der Waals surface area contributed by atoms with E-state index in [-0.39, 0.29) is 5.75 Å². The van der Waals surface area contributed by atoms with E-state index in [1.54, 1.807) is 5.32 Å². The van der Waals surface area contributed by atoms with Gasteiger partial charge in [-0.25, -0.2) is 14.0 Å². The van der Waals surface area contributed by atoms with Crippen LogP contribution in [0.15, 0.2) is 24.3 Å². The van der Waals surface area contributed by atoms with Crippen LogP contribution in [0.25, 0.3) is 0 Å². The summed E-state index contributed by atoms with van der Waals surface area (Å²) in [5.41, 5.74) is 4.67. The molecule has 0 spiro atoms. The molecule has 1 aromatic rings. The molecule has 0 saturated carbocycles. The number of para-hydroxylation sites is 1. The maximum absolute atomic E-state index is 13.1. The lowest BCUT2D eigenvalue weighted by Crippen LogP contribution is -2.38. The van der Waals surface area contributed by atoms with E-state index in [4.69, 9.17) is 4.74 Å². The van der Waals surface area contributed by atoms with Gasteiger partial charge in [-0.05, 0) is 12.1 Å². The van der Waals surface area contributed by atoms with Gasteiger partial charge in [0.15, 0.2) is 24.8 Å². The second kappa shape index (κ2) is 6.94. The van der Waals surface area contributed by atoms with E-state index in [9.17, 15) is 18.8 Å². The molecular weight excluding hydrogens is 259 g/mol. The van der Waals surface area contributed by atoms with Crippen LogP contribution in [0.4, 0.5) is 9.18 Å². The highest BCUT2D eigenvalue weighted by Crippen LogP contribution is 2.14. The summed E-state index contributed by atoms with van der Waals surface area (Å²) >= 11 is 0. The van der Waals surface area contributed by atoms with Crippen LogP contribution in [-0.2, 0) is 14.3 Å². The van der Waals surface area contributed by atoms with Crippen LogP contribution in [-0.4, -0.2) is 31.1 Å². The van der Waals surface area contributed by atoms with Gasteiger partial charge in [-0.3, -0.25) is 10.1 Å². The summed E-state index contributed by atoms with van der Waals surface area (Å²) in [7, 11) is 0. The van der Waals surface area contributed by atoms with Crippen molar-refractivity contribution in [3.05, 3.63) is 30.1 Å². The first-order chi connectivity index (χ1) is 8.99. The number of imide groups is 1. The van der Waals surface area contributed by atoms with Gasteiger partial charge in [-0.2, -0.15) is 0 Å². The van der Waals surface area contributed by atoms with Crippen molar-refractivity contribution in [1.82, 2.24) is 5.32 Å². The Morgan fingerprint density at radius 2 is 1.89 bits per heavy atom. The molecule has 0 bridgehead atoms. The smallest absolute Gasteiger partial charge is 0.344 e. The Kier molecular flexibility index (Phi) is 5.27. The van der Waals surface area contributed by atoms with E-state index in [2.05, 4.69) is 10.5 Å². The molecule has 7 nitrogen and oxygen atoms in total. The van der Waals surface area contributed by atoms with Crippen LogP contribution in [0.1, 0.15) is 0 Å². The number of nitrogens with one attached hydrogen (secondary N) is 1. The molecule has 0 heterocycles. The summed E-state index contributed by atoms with van der Waals surface area (Å²) in [5.74, 6) is -2.49. The Balaban J connectivity index is 2.31. The number of hydrogen-bond acceptors (Lipinski definition) is 5. The third-order valence-corrected chi connectivity index (χ3v) is 1.81. The van der Waals surface area contributed by atoms with Crippen molar-refractivity contribution in [3.63, 3.8) is 0 Å². The number of carbonyl (C=O) groups is 3. The van der Waals surface area contributed by atoms with E-state index in [0.29, 0.717) is 0 Å². The van der Waals surface area contributed by atoms with E-state index in [1.807, 2.05) is 0 Å². The number of esters is 1. The predicted molar refractivity (Wildman–Crippen MR) is 60.6 cm³/mol. The van der Waals surface area contributed by atoms with Crippen molar-refractivity contribution < 1.29 is 28.2 Å². The van der Waals surface area contributed by atoms with Gasteiger partial charge in [0.05, 0.1) is 0 Å². The maximum atomic E-state index is 13.1. The van der Waals surface area contributed by atoms with Crippen molar-refractivity contribution >= 4 is 17.9 Å². The molecule has 1 rings (SSSR count). The summed E-state index contributed by atoms with van der Waals surface area (Å²) in [5, 5.41) is 1.70. The molecule has 0 radical (unpaired) electrons. The van der Waals surface area contributed by atoms with Gasteiger partial charge in [0, 0.05) is 0 Å².